The summed E-state index contributed by atoms with van der Waals surface area (Å²) in [6.07, 6.45) is 6.91. The van der Waals surface area contributed by atoms with Gasteiger partial charge in [0.05, 0.1) is 6.42 Å². The van der Waals surface area contributed by atoms with Crippen LogP contribution in [-0.4, -0.2) is 11.5 Å². The number of terminal acetylenes is 1. The Morgan fingerprint density at radius 3 is 2.78 bits per heavy atom. The van der Waals surface area contributed by atoms with Gasteiger partial charge >= 0.3 is 0 Å². The lowest BCUT2D eigenvalue weighted by Gasteiger charge is -2.04. The number of allylic oxidation sites excluding steroid dienone is 2. The van der Waals surface area contributed by atoms with Gasteiger partial charge in [-0.05, 0) is 12.2 Å². The Morgan fingerprint density at radius 2 is 2.56 bits per heavy atom. The Labute approximate surface area is 52.6 Å². The van der Waals surface area contributed by atoms with E-state index in [9.17, 15) is 9.18 Å². The summed E-state index contributed by atoms with van der Waals surface area (Å²) < 4.78 is 12.7. The number of alkyl halides is 1. The molecule has 9 heavy (non-hydrogen) atoms. The van der Waals surface area contributed by atoms with E-state index in [0.29, 0.717) is 0 Å². The van der Waals surface area contributed by atoms with Crippen LogP contribution in [0.25, 0.3) is 0 Å². The number of hydrogen-bond donors (Lipinski definition) is 0. The van der Waals surface area contributed by atoms with Crippen LogP contribution in [0.15, 0.2) is 12.2 Å². The first-order chi connectivity index (χ1) is 4.16. The number of ketones is 1. The van der Waals surface area contributed by atoms with Crippen molar-refractivity contribution in [1.29, 1.82) is 0 Å². The molecule has 0 amide bonds. The lowest BCUT2D eigenvalue weighted by molar-refractivity contribution is -0.114. The fourth-order valence-corrected chi connectivity index (χ4v) is 0.696. The lowest BCUT2D eigenvalue weighted by Crippen LogP contribution is -2.14. The molecule has 1 unspecified atom stereocenters. The largest absolute Gasteiger partial charge is 0.295 e. The molecular formula is C7H5FO. The van der Waals surface area contributed by atoms with Gasteiger partial charge in [-0.3, -0.25) is 4.79 Å². The zero-order valence-electron chi connectivity index (χ0n) is 4.73. The van der Waals surface area contributed by atoms with Crippen LogP contribution in [-0.2, 0) is 4.79 Å². The van der Waals surface area contributed by atoms with Gasteiger partial charge in [0, 0.05) is 0 Å². The van der Waals surface area contributed by atoms with Crippen molar-refractivity contribution in [2.24, 2.45) is 0 Å². The third-order valence-electron chi connectivity index (χ3n) is 1.20. The molecule has 1 aliphatic carbocycles. The molecule has 0 saturated carbocycles. The second-order valence-electron chi connectivity index (χ2n) is 1.98. The van der Waals surface area contributed by atoms with E-state index in [1.165, 1.54) is 6.08 Å². The van der Waals surface area contributed by atoms with Gasteiger partial charge in [-0.15, -0.1) is 6.42 Å². The molecule has 0 radical (unpaired) electrons. The second-order valence-corrected chi connectivity index (χ2v) is 1.98. The van der Waals surface area contributed by atoms with Crippen molar-refractivity contribution in [3.05, 3.63) is 12.2 Å². The number of hydrogen-bond acceptors (Lipinski definition) is 1. The molecule has 1 nitrogen and oxygen atoms in total. The molecule has 1 atom stereocenters. The molecule has 0 saturated heterocycles. The first-order valence-electron chi connectivity index (χ1n) is 2.55. The normalized spacial score (nSPS) is 32.7. The maximum absolute atomic E-state index is 12.7. The van der Waals surface area contributed by atoms with Crippen molar-refractivity contribution >= 4 is 5.78 Å². The summed E-state index contributed by atoms with van der Waals surface area (Å²) in [4.78, 5) is 10.4. The molecule has 0 N–H and O–H groups in total. The summed E-state index contributed by atoms with van der Waals surface area (Å²) in [5.74, 6) is 1.66. The van der Waals surface area contributed by atoms with Gasteiger partial charge in [-0.2, -0.15) is 0 Å². The minimum atomic E-state index is -1.79. The van der Waals surface area contributed by atoms with Crippen molar-refractivity contribution in [3.63, 3.8) is 0 Å². The monoisotopic (exact) mass is 124 g/mol. The van der Waals surface area contributed by atoms with E-state index in [2.05, 4.69) is 0 Å². The van der Waals surface area contributed by atoms with Crippen molar-refractivity contribution < 1.29 is 9.18 Å². The SMILES string of the molecule is C#CC1(F)C=CC(=O)C1. The second kappa shape index (κ2) is 1.70. The average molecular weight is 124 g/mol. The molecule has 0 aromatic heterocycles. The first kappa shape index (κ1) is 6.03. The summed E-state index contributed by atoms with van der Waals surface area (Å²) in [5, 5.41) is 0. The highest BCUT2D eigenvalue weighted by molar-refractivity contribution is 5.94. The smallest absolute Gasteiger partial charge is 0.196 e. The van der Waals surface area contributed by atoms with E-state index in [1.54, 1.807) is 0 Å². The van der Waals surface area contributed by atoms with Crippen LogP contribution >= 0.6 is 0 Å². The molecular weight excluding hydrogens is 119 g/mol. The lowest BCUT2D eigenvalue weighted by atomic mass is 10.1. The van der Waals surface area contributed by atoms with Crippen LogP contribution < -0.4 is 0 Å². The minimum Gasteiger partial charge on any atom is -0.295 e. The molecule has 2 heteroatoms. The number of carbonyl (C=O) groups is 1. The molecule has 1 rings (SSSR count). The van der Waals surface area contributed by atoms with Crippen LogP contribution in [0.2, 0.25) is 0 Å². The number of rotatable bonds is 0. The van der Waals surface area contributed by atoms with Gasteiger partial charge in [0.15, 0.2) is 11.5 Å². The molecule has 0 bridgehead atoms. The fraction of sp³-hybridized carbons (Fsp3) is 0.286. The Hall–Kier alpha value is -1.10. The van der Waals surface area contributed by atoms with Crippen LogP contribution in [0.5, 0.6) is 0 Å². The van der Waals surface area contributed by atoms with Crippen molar-refractivity contribution in [1.82, 2.24) is 0 Å². The topological polar surface area (TPSA) is 17.1 Å². The Kier molecular flexibility index (Phi) is 1.14. The van der Waals surface area contributed by atoms with Crippen molar-refractivity contribution in [3.8, 4) is 12.3 Å². The molecule has 1 aliphatic rings. The van der Waals surface area contributed by atoms with Gasteiger partial charge in [-0.25, -0.2) is 4.39 Å². The summed E-state index contributed by atoms with van der Waals surface area (Å²) >= 11 is 0. The Balaban J connectivity index is 2.83. The van der Waals surface area contributed by atoms with Crippen molar-refractivity contribution in [2.75, 3.05) is 0 Å². The Morgan fingerprint density at radius 1 is 1.89 bits per heavy atom. The summed E-state index contributed by atoms with van der Waals surface area (Å²) in [6, 6.07) is 0. The highest BCUT2D eigenvalue weighted by atomic mass is 19.1. The van der Waals surface area contributed by atoms with Crippen LogP contribution in [0, 0.1) is 12.3 Å². The van der Waals surface area contributed by atoms with E-state index in [0.717, 1.165) is 6.08 Å². The standard InChI is InChI=1S/C7H5FO/c1-2-7(8)4-3-6(9)5-7/h1,3-4H,5H2. The predicted molar refractivity (Wildman–Crippen MR) is 31.4 cm³/mol. The van der Waals surface area contributed by atoms with Gasteiger partial charge in [0.1, 0.15) is 0 Å². The zero-order valence-corrected chi connectivity index (χ0v) is 4.73. The maximum Gasteiger partial charge on any atom is 0.196 e. The fourth-order valence-electron chi connectivity index (χ4n) is 0.696. The van der Waals surface area contributed by atoms with Crippen LogP contribution in [0.1, 0.15) is 6.42 Å². The van der Waals surface area contributed by atoms with Gasteiger partial charge in [0.25, 0.3) is 0 Å². The molecule has 0 spiro atoms. The van der Waals surface area contributed by atoms with Gasteiger partial charge in [0.2, 0.25) is 0 Å². The highest BCUT2D eigenvalue weighted by Crippen LogP contribution is 2.22. The summed E-state index contributed by atoms with van der Waals surface area (Å²) in [6.45, 7) is 0. The van der Waals surface area contributed by atoms with E-state index in [4.69, 9.17) is 6.42 Å². The van der Waals surface area contributed by atoms with Crippen molar-refractivity contribution in [2.45, 2.75) is 12.1 Å². The Bertz CT molecular complexity index is 211. The van der Waals surface area contributed by atoms with Crippen LogP contribution in [0.3, 0.4) is 0 Å². The van der Waals surface area contributed by atoms with Crippen LogP contribution in [0.4, 0.5) is 4.39 Å². The maximum atomic E-state index is 12.7. The van der Waals surface area contributed by atoms with E-state index in [-0.39, 0.29) is 12.2 Å². The summed E-state index contributed by atoms with van der Waals surface area (Å²) in [7, 11) is 0. The molecule has 46 valence electrons. The zero-order chi connectivity index (χ0) is 6.91. The third kappa shape index (κ3) is 0.996. The van der Waals surface area contributed by atoms with Gasteiger partial charge < -0.3 is 0 Å². The molecule has 0 heterocycles. The summed E-state index contributed by atoms with van der Waals surface area (Å²) in [5.41, 5.74) is -1.79. The highest BCUT2D eigenvalue weighted by Gasteiger charge is 2.30. The van der Waals surface area contributed by atoms with Gasteiger partial charge in [-0.1, -0.05) is 5.92 Å². The minimum absolute atomic E-state index is 0.191. The van der Waals surface area contributed by atoms with E-state index >= 15 is 0 Å². The molecule has 0 aromatic carbocycles. The first-order valence-corrected chi connectivity index (χ1v) is 2.55. The van der Waals surface area contributed by atoms with E-state index in [1.807, 2.05) is 5.92 Å². The molecule has 0 aromatic rings. The molecule has 0 aliphatic heterocycles. The third-order valence-corrected chi connectivity index (χ3v) is 1.20. The number of halogens is 1. The quantitative estimate of drug-likeness (QED) is 0.437. The number of carbonyl (C=O) groups excluding carboxylic acids is 1. The average Bonchev–Trinajstić information content (AvgIpc) is 2.13. The molecule has 0 fully saturated rings. The van der Waals surface area contributed by atoms with E-state index < -0.39 is 5.67 Å². The predicted octanol–water partition coefficient (Wildman–Crippen LogP) is 0.857.